The Morgan fingerprint density at radius 2 is 0.393 bits per heavy atom. The van der Waals surface area contributed by atoms with Crippen LogP contribution in [-0.4, -0.2) is 22.2 Å². The van der Waals surface area contributed by atoms with E-state index in [0.717, 1.165) is 6.08 Å². The number of carboxylic acids is 2. The number of hydrogen-bond acceptors (Lipinski definition) is 2. The lowest BCUT2D eigenvalue weighted by atomic mass is 10.1. The lowest BCUT2D eigenvalue weighted by molar-refractivity contribution is -0.133. The fraction of sp³-hybridized carbons (Fsp3) is 0.895. The molecule has 0 aromatic rings. The molecule has 0 aliphatic carbocycles. The van der Waals surface area contributed by atoms with Gasteiger partial charge in [-0.15, -0.1) is 0 Å². The van der Waals surface area contributed by atoms with Gasteiger partial charge in [0.05, 0.1) is 0 Å². The van der Waals surface area contributed by atoms with Crippen LogP contribution in [0.1, 0.15) is 333 Å². The minimum atomic E-state index is -0.981. The van der Waals surface area contributed by atoms with Gasteiger partial charge in [-0.1, -0.05) is 339 Å². The lowest BCUT2D eigenvalue weighted by Gasteiger charge is -1.97. The van der Waals surface area contributed by atoms with Crippen LogP contribution in [0.2, 0.25) is 0 Å². The van der Waals surface area contributed by atoms with E-state index >= 15 is 0 Å². The Kier molecular flexibility index (Phi) is 99.4. The van der Waals surface area contributed by atoms with Crippen molar-refractivity contribution in [2.75, 3.05) is 0 Å². The first-order valence-electron chi connectivity index (χ1n) is 27.2. The Morgan fingerprint density at radius 3 is 0.443 bits per heavy atom. The zero-order chi connectivity index (χ0) is 47.7. The van der Waals surface area contributed by atoms with Gasteiger partial charge in [0.1, 0.15) is 0 Å². The Hall–Kier alpha value is -1.58. The Morgan fingerprint density at radius 1 is 0.311 bits per heavy atom. The minimum absolute atomic E-state index is 0.176. The number of hydrogen-bond donors (Lipinski definition) is 2. The summed E-state index contributed by atoms with van der Waals surface area (Å²) in [6, 6.07) is 0. The first-order chi connectivity index (χ1) is 29.5. The maximum Gasteiger partial charge on any atom is 0.330 e. The van der Waals surface area contributed by atoms with Crippen molar-refractivity contribution in [1.29, 1.82) is 0 Å². The molecule has 0 rings (SSSR count). The molecule has 0 spiro atoms. The molecule has 0 atom stereocenters. The molecule has 0 radical (unpaired) electrons. The molecular weight excluding hydrogens is 749 g/mol. The van der Waals surface area contributed by atoms with Crippen LogP contribution >= 0.6 is 0 Å². The van der Waals surface area contributed by atoms with Crippen LogP contribution in [0, 0.1) is 0 Å². The molecule has 2 N–H and O–H groups in total. The van der Waals surface area contributed by atoms with E-state index in [-0.39, 0.29) is 5.57 Å². The van der Waals surface area contributed by atoms with Gasteiger partial charge in [-0.05, 0) is 6.92 Å². The van der Waals surface area contributed by atoms with Gasteiger partial charge in [-0.3, -0.25) is 0 Å². The van der Waals surface area contributed by atoms with Gasteiger partial charge in [0.2, 0.25) is 0 Å². The zero-order valence-electron chi connectivity index (χ0n) is 44.5. The average Bonchev–Trinajstić information content (AvgIpc) is 3.25. The van der Waals surface area contributed by atoms with Gasteiger partial charge in [0.25, 0.3) is 0 Å². The van der Waals surface area contributed by atoms with Crippen LogP contribution in [0.15, 0.2) is 24.8 Å². The van der Waals surface area contributed by atoms with Crippen molar-refractivity contribution < 1.29 is 19.8 Å². The second kappa shape index (κ2) is 82.2. The molecular formula is C57H120O4. The zero-order valence-corrected chi connectivity index (χ0v) is 44.5. The van der Waals surface area contributed by atoms with Crippen LogP contribution in [0.3, 0.4) is 0 Å². The summed E-state index contributed by atoms with van der Waals surface area (Å²) in [6.07, 6.45) is 58.1. The molecule has 372 valence electrons. The van der Waals surface area contributed by atoms with Crippen LogP contribution < -0.4 is 0 Å². The molecule has 0 aliphatic heterocycles. The van der Waals surface area contributed by atoms with Gasteiger partial charge in [-0.25, -0.2) is 9.59 Å². The van der Waals surface area contributed by atoms with Gasteiger partial charge in [0, 0.05) is 11.6 Å². The van der Waals surface area contributed by atoms with Crippen LogP contribution in [0.4, 0.5) is 0 Å². The van der Waals surface area contributed by atoms with E-state index in [9.17, 15) is 9.59 Å². The third-order valence-electron chi connectivity index (χ3n) is 10.3. The summed E-state index contributed by atoms with van der Waals surface area (Å²) in [7, 11) is 0. The average molecular weight is 870 g/mol. The lowest BCUT2D eigenvalue weighted by Crippen LogP contribution is -1.92. The number of aliphatic carboxylic acids is 2. The SMILES string of the molecule is C=C(C)C(=O)O.C=CC(=O)O.CCCCCCCCCC.CCCCCCCCCC.CCCCCCCCCC.CCCCCCCCCC.CCCCCCCCCC. The van der Waals surface area contributed by atoms with Crippen LogP contribution in [-0.2, 0) is 9.59 Å². The molecule has 0 bridgehead atoms. The molecule has 0 unspecified atom stereocenters. The second-order valence-electron chi connectivity index (χ2n) is 17.2. The third-order valence-corrected chi connectivity index (χ3v) is 10.3. The molecule has 4 heteroatoms. The Balaban J connectivity index is -0.000000113. The van der Waals surface area contributed by atoms with E-state index in [1.54, 1.807) is 0 Å². The van der Waals surface area contributed by atoms with Crippen LogP contribution in [0.25, 0.3) is 0 Å². The highest BCUT2D eigenvalue weighted by atomic mass is 16.4. The Labute approximate surface area is 388 Å². The summed E-state index contributed by atoms with van der Waals surface area (Å²) in [5.74, 6) is -1.92. The highest BCUT2D eigenvalue weighted by Gasteiger charge is 1.92. The van der Waals surface area contributed by atoms with Crippen molar-refractivity contribution in [3.8, 4) is 0 Å². The van der Waals surface area contributed by atoms with E-state index in [1.165, 1.54) is 264 Å². The van der Waals surface area contributed by atoms with Gasteiger partial charge in [0.15, 0.2) is 0 Å². The summed E-state index contributed by atoms with van der Waals surface area (Å²) < 4.78 is 0. The molecule has 61 heavy (non-hydrogen) atoms. The van der Waals surface area contributed by atoms with E-state index in [2.05, 4.69) is 82.4 Å². The van der Waals surface area contributed by atoms with E-state index in [0.29, 0.717) is 0 Å². The fourth-order valence-electron chi connectivity index (χ4n) is 6.04. The largest absolute Gasteiger partial charge is 0.478 e. The van der Waals surface area contributed by atoms with Crippen molar-refractivity contribution in [3.05, 3.63) is 24.8 Å². The summed E-state index contributed by atoms with van der Waals surface area (Å²) in [5, 5.41) is 15.5. The predicted molar refractivity (Wildman–Crippen MR) is 282 cm³/mol. The monoisotopic (exact) mass is 869 g/mol. The highest BCUT2D eigenvalue weighted by Crippen LogP contribution is 2.11. The quantitative estimate of drug-likeness (QED) is 0.0482. The number of unbranched alkanes of at least 4 members (excludes halogenated alkanes) is 35. The van der Waals surface area contributed by atoms with Crippen molar-refractivity contribution in [1.82, 2.24) is 0 Å². The summed E-state index contributed by atoms with van der Waals surface area (Å²) in [4.78, 5) is 18.8. The second-order valence-corrected chi connectivity index (χ2v) is 17.2. The molecule has 0 fully saturated rings. The molecule has 4 nitrogen and oxygen atoms in total. The van der Waals surface area contributed by atoms with Gasteiger partial charge >= 0.3 is 11.9 Å². The van der Waals surface area contributed by atoms with E-state index < -0.39 is 11.9 Å². The van der Waals surface area contributed by atoms with E-state index in [1.807, 2.05) is 0 Å². The first kappa shape index (κ1) is 73.8. The predicted octanol–water partition coefficient (Wildman–Crippen LogP) is 21.6. The molecule has 0 amide bonds. The molecule has 0 saturated heterocycles. The van der Waals surface area contributed by atoms with E-state index in [4.69, 9.17) is 10.2 Å². The number of carbonyl (C=O) groups is 2. The highest BCUT2D eigenvalue weighted by molar-refractivity contribution is 5.84. The molecule has 0 aromatic carbocycles. The van der Waals surface area contributed by atoms with Crippen molar-refractivity contribution in [3.63, 3.8) is 0 Å². The molecule has 0 aliphatic rings. The smallest absolute Gasteiger partial charge is 0.330 e. The van der Waals surface area contributed by atoms with Gasteiger partial charge < -0.3 is 10.2 Å². The normalized spacial score (nSPS) is 9.62. The number of carboxylic acid groups (broad SMARTS) is 2. The molecule has 0 heterocycles. The maximum atomic E-state index is 9.60. The summed E-state index contributed by atoms with van der Waals surface area (Å²) in [6.45, 7) is 30.3. The van der Waals surface area contributed by atoms with Crippen molar-refractivity contribution in [2.45, 2.75) is 333 Å². The summed E-state index contributed by atoms with van der Waals surface area (Å²) >= 11 is 0. The van der Waals surface area contributed by atoms with Crippen LogP contribution in [0.5, 0.6) is 0 Å². The fourth-order valence-corrected chi connectivity index (χ4v) is 6.04. The van der Waals surface area contributed by atoms with Gasteiger partial charge in [-0.2, -0.15) is 0 Å². The minimum Gasteiger partial charge on any atom is -0.478 e. The van der Waals surface area contributed by atoms with Crippen molar-refractivity contribution >= 4 is 11.9 Å². The summed E-state index contributed by atoms with van der Waals surface area (Å²) in [5.41, 5.74) is 0.176. The topological polar surface area (TPSA) is 74.6 Å². The standard InChI is InChI=1S/5C10H22.C4H6O2.C3H4O2/c5*1-3-5-7-9-10-8-6-4-2;1-3(2)4(5)6;1-2-3(4)5/h5*3-10H2,1-2H3;1H2,2H3,(H,5,6);2H,1H2,(H,4,5). The number of rotatable bonds is 37. The first-order valence-corrected chi connectivity index (χ1v) is 27.2. The molecule has 0 aromatic heterocycles. The van der Waals surface area contributed by atoms with Crippen molar-refractivity contribution in [2.24, 2.45) is 0 Å². The third kappa shape index (κ3) is 120. The Bertz CT molecular complexity index is 586. The maximum absolute atomic E-state index is 9.60. The molecule has 0 saturated carbocycles.